The van der Waals surface area contributed by atoms with Crippen molar-refractivity contribution in [2.24, 2.45) is 0 Å². The van der Waals surface area contributed by atoms with E-state index in [1.165, 1.54) is 12.8 Å². The summed E-state index contributed by atoms with van der Waals surface area (Å²) in [6.07, 6.45) is 3.23. The molecule has 17 heavy (non-hydrogen) atoms. The molecular weight excluding hydrogens is 236 g/mol. The molecule has 1 heterocycles. The lowest BCUT2D eigenvalue weighted by Gasteiger charge is -2.22. The van der Waals surface area contributed by atoms with E-state index >= 15 is 0 Å². The highest BCUT2D eigenvalue weighted by molar-refractivity contribution is 8.00. The predicted octanol–water partition coefficient (Wildman–Crippen LogP) is 1.01. The average molecular weight is 260 g/mol. The van der Waals surface area contributed by atoms with Crippen molar-refractivity contribution in [2.75, 3.05) is 32.6 Å². The summed E-state index contributed by atoms with van der Waals surface area (Å²) in [5, 5.41) is 6.98. The van der Waals surface area contributed by atoms with Crippen molar-refractivity contribution in [3.8, 4) is 0 Å². The van der Waals surface area contributed by atoms with Crippen molar-refractivity contribution >= 4 is 17.7 Å². The van der Waals surface area contributed by atoms with Crippen LogP contribution in [0.15, 0.2) is 0 Å². The fourth-order valence-electron chi connectivity index (χ4n) is 1.84. The van der Waals surface area contributed by atoms with Crippen LogP contribution in [0.25, 0.3) is 0 Å². The Labute approximate surface area is 108 Å². The number of carbonyl (C=O) groups is 1. The van der Waals surface area contributed by atoms with Gasteiger partial charge in [0.2, 0.25) is 5.91 Å². The summed E-state index contributed by atoms with van der Waals surface area (Å²) >= 11 is 1.79. The van der Waals surface area contributed by atoms with E-state index in [1.54, 1.807) is 18.9 Å². The summed E-state index contributed by atoms with van der Waals surface area (Å²) in [4.78, 5) is 11.7. The Bertz CT molecular complexity index is 221. The van der Waals surface area contributed by atoms with Crippen molar-refractivity contribution in [3.63, 3.8) is 0 Å². The molecule has 1 aliphatic heterocycles. The Morgan fingerprint density at radius 2 is 2.24 bits per heavy atom. The highest BCUT2D eigenvalue weighted by Crippen LogP contribution is 2.19. The summed E-state index contributed by atoms with van der Waals surface area (Å²) in [6, 6.07) is 0.205. The number of hydrogen-bond acceptors (Lipinski definition) is 4. The van der Waals surface area contributed by atoms with Crippen LogP contribution in [-0.2, 0) is 9.53 Å². The molecule has 1 atom stereocenters. The highest BCUT2D eigenvalue weighted by Gasteiger charge is 2.15. The van der Waals surface area contributed by atoms with Crippen LogP contribution in [0.3, 0.4) is 0 Å². The number of carbonyl (C=O) groups excluding carboxylic acids is 1. The average Bonchev–Trinajstić information content (AvgIpc) is 2.35. The fraction of sp³-hybridized carbons (Fsp3) is 0.917. The van der Waals surface area contributed by atoms with Crippen molar-refractivity contribution in [3.05, 3.63) is 0 Å². The molecule has 5 heteroatoms. The molecule has 1 aliphatic rings. The maximum Gasteiger partial charge on any atom is 0.230 e. The first-order chi connectivity index (χ1) is 8.22. The molecule has 1 rings (SSSR count). The van der Waals surface area contributed by atoms with E-state index in [9.17, 15) is 4.79 Å². The molecule has 0 aromatic heterocycles. The zero-order valence-electron chi connectivity index (χ0n) is 10.8. The molecule has 0 radical (unpaired) electrons. The van der Waals surface area contributed by atoms with Gasteiger partial charge in [0.1, 0.15) is 0 Å². The van der Waals surface area contributed by atoms with Crippen molar-refractivity contribution in [2.45, 2.75) is 37.5 Å². The van der Waals surface area contributed by atoms with E-state index in [0.717, 1.165) is 19.5 Å². The maximum absolute atomic E-state index is 11.7. The first-order valence-corrected chi connectivity index (χ1v) is 7.38. The van der Waals surface area contributed by atoms with Crippen LogP contribution >= 0.6 is 11.8 Å². The fourth-order valence-corrected chi connectivity index (χ4v) is 2.88. The van der Waals surface area contributed by atoms with Gasteiger partial charge in [0, 0.05) is 25.0 Å². The number of hydrogen-bond donors (Lipinski definition) is 2. The van der Waals surface area contributed by atoms with Crippen LogP contribution in [-0.4, -0.2) is 49.8 Å². The van der Waals surface area contributed by atoms with E-state index in [1.807, 2.05) is 6.92 Å². The van der Waals surface area contributed by atoms with Crippen LogP contribution in [0.5, 0.6) is 0 Å². The van der Waals surface area contributed by atoms with Gasteiger partial charge in [-0.15, -0.1) is 11.8 Å². The summed E-state index contributed by atoms with van der Waals surface area (Å²) in [6.45, 7) is 4.89. The van der Waals surface area contributed by atoms with Gasteiger partial charge in [-0.25, -0.2) is 0 Å². The molecule has 0 aliphatic carbocycles. The third-order valence-electron chi connectivity index (χ3n) is 2.90. The normalized spacial score (nSPS) is 18.9. The Morgan fingerprint density at radius 3 is 2.88 bits per heavy atom. The minimum absolute atomic E-state index is 0.150. The van der Waals surface area contributed by atoms with Gasteiger partial charge in [0.15, 0.2) is 0 Å². The van der Waals surface area contributed by atoms with E-state index in [2.05, 4.69) is 10.6 Å². The smallest absolute Gasteiger partial charge is 0.230 e. The Morgan fingerprint density at radius 1 is 1.53 bits per heavy atom. The minimum Gasteiger partial charge on any atom is -0.385 e. The molecule has 100 valence electrons. The number of ether oxygens (including phenoxy) is 1. The van der Waals surface area contributed by atoms with E-state index in [-0.39, 0.29) is 11.9 Å². The molecule has 0 aromatic carbocycles. The van der Waals surface area contributed by atoms with Crippen LogP contribution in [0.4, 0.5) is 0 Å². The van der Waals surface area contributed by atoms with Gasteiger partial charge in [-0.3, -0.25) is 4.79 Å². The van der Waals surface area contributed by atoms with Crippen LogP contribution in [0.1, 0.15) is 26.2 Å². The zero-order valence-corrected chi connectivity index (χ0v) is 11.6. The molecule has 1 amide bonds. The molecule has 1 saturated heterocycles. The third-order valence-corrected chi connectivity index (χ3v) is 4.27. The number of nitrogens with one attached hydrogen (secondary N) is 2. The van der Waals surface area contributed by atoms with Gasteiger partial charge in [-0.2, -0.15) is 0 Å². The lowest BCUT2D eigenvalue weighted by atomic mass is 10.2. The number of thioether (sulfide) groups is 1. The molecule has 1 fully saturated rings. The molecule has 4 nitrogen and oxygen atoms in total. The van der Waals surface area contributed by atoms with Gasteiger partial charge in [0.05, 0.1) is 5.75 Å². The standard InChI is InChI=1S/C12H24N2O2S/c1-10(5-8-16-2)14-12(15)9-17-11-3-6-13-7-4-11/h10-11,13H,3-9H2,1-2H3,(H,14,15). The first-order valence-electron chi connectivity index (χ1n) is 6.33. The lowest BCUT2D eigenvalue weighted by molar-refractivity contribution is -0.119. The summed E-state index contributed by atoms with van der Waals surface area (Å²) in [7, 11) is 1.68. The SMILES string of the molecule is COCCC(C)NC(=O)CSC1CCNCC1. The van der Waals surface area contributed by atoms with Gasteiger partial charge in [0.25, 0.3) is 0 Å². The molecule has 0 spiro atoms. The molecule has 2 N–H and O–H groups in total. The second kappa shape index (κ2) is 8.78. The third kappa shape index (κ3) is 6.91. The van der Waals surface area contributed by atoms with Crippen molar-refractivity contribution < 1.29 is 9.53 Å². The zero-order chi connectivity index (χ0) is 12.5. The number of rotatable bonds is 7. The predicted molar refractivity (Wildman–Crippen MR) is 72.4 cm³/mol. The van der Waals surface area contributed by atoms with Crippen molar-refractivity contribution in [1.29, 1.82) is 0 Å². The molecule has 1 unspecified atom stereocenters. The molecule has 0 bridgehead atoms. The van der Waals surface area contributed by atoms with Gasteiger partial charge >= 0.3 is 0 Å². The number of piperidine rings is 1. The minimum atomic E-state index is 0.150. The topological polar surface area (TPSA) is 50.4 Å². The Hall–Kier alpha value is -0.260. The van der Waals surface area contributed by atoms with E-state index in [4.69, 9.17) is 4.74 Å². The summed E-state index contributed by atoms with van der Waals surface area (Å²) in [5.74, 6) is 0.735. The van der Waals surface area contributed by atoms with Crippen LogP contribution in [0, 0.1) is 0 Å². The summed E-state index contributed by atoms with van der Waals surface area (Å²) < 4.78 is 4.99. The van der Waals surface area contributed by atoms with E-state index in [0.29, 0.717) is 17.6 Å². The van der Waals surface area contributed by atoms with E-state index < -0.39 is 0 Å². The second-order valence-electron chi connectivity index (χ2n) is 4.51. The number of amides is 1. The monoisotopic (exact) mass is 260 g/mol. The lowest BCUT2D eigenvalue weighted by Crippen LogP contribution is -2.36. The van der Waals surface area contributed by atoms with Crippen molar-refractivity contribution in [1.82, 2.24) is 10.6 Å². The Balaban J connectivity index is 2.07. The van der Waals surface area contributed by atoms with Gasteiger partial charge in [-0.1, -0.05) is 0 Å². The number of methoxy groups -OCH3 is 1. The highest BCUT2D eigenvalue weighted by atomic mass is 32.2. The molecule has 0 aromatic rings. The van der Waals surface area contributed by atoms with Crippen LogP contribution in [0.2, 0.25) is 0 Å². The van der Waals surface area contributed by atoms with Gasteiger partial charge in [-0.05, 0) is 39.3 Å². The Kier molecular flexibility index (Phi) is 7.64. The summed E-state index contributed by atoms with van der Waals surface area (Å²) in [5.41, 5.74) is 0. The second-order valence-corrected chi connectivity index (χ2v) is 5.80. The molecule has 0 saturated carbocycles. The quantitative estimate of drug-likeness (QED) is 0.717. The first kappa shape index (κ1) is 14.8. The van der Waals surface area contributed by atoms with Crippen LogP contribution < -0.4 is 10.6 Å². The maximum atomic E-state index is 11.7. The van der Waals surface area contributed by atoms with Gasteiger partial charge < -0.3 is 15.4 Å². The molecular formula is C12H24N2O2S. The largest absolute Gasteiger partial charge is 0.385 e.